The molecule has 168 valence electrons. The Morgan fingerprint density at radius 2 is 1.71 bits per heavy atom. The lowest BCUT2D eigenvalue weighted by atomic mass is 9.75. The third-order valence-corrected chi connectivity index (χ3v) is 7.09. The molecule has 0 spiro atoms. The highest BCUT2D eigenvalue weighted by molar-refractivity contribution is 6.09. The number of nitrogens with one attached hydrogen (secondary N) is 1. The summed E-state index contributed by atoms with van der Waals surface area (Å²) in [6.45, 7) is 4.18. The van der Waals surface area contributed by atoms with Crippen molar-refractivity contribution >= 4 is 23.5 Å². The predicted octanol–water partition coefficient (Wildman–Crippen LogP) is 2.23. The topological polar surface area (TPSA) is 82.2 Å². The van der Waals surface area contributed by atoms with Crippen LogP contribution in [0.4, 0.5) is 10.5 Å². The Morgan fingerprint density at radius 1 is 1.06 bits per heavy atom. The van der Waals surface area contributed by atoms with Crippen molar-refractivity contribution in [3.8, 4) is 5.75 Å². The summed E-state index contributed by atoms with van der Waals surface area (Å²) in [4.78, 5) is 43.6. The zero-order valence-electron chi connectivity index (χ0n) is 18.4. The van der Waals surface area contributed by atoms with E-state index in [1.54, 1.807) is 12.0 Å². The van der Waals surface area contributed by atoms with Crippen LogP contribution in [0.25, 0.3) is 0 Å². The lowest BCUT2D eigenvalue weighted by molar-refractivity contribution is -0.140. The number of methoxy groups -OCH3 is 1. The van der Waals surface area contributed by atoms with Gasteiger partial charge >= 0.3 is 6.03 Å². The fourth-order valence-electron chi connectivity index (χ4n) is 5.06. The number of urea groups is 1. The van der Waals surface area contributed by atoms with Gasteiger partial charge in [0, 0.05) is 31.9 Å². The summed E-state index contributed by atoms with van der Waals surface area (Å²) < 4.78 is 5.20. The Hall–Kier alpha value is -2.77. The standard InChI is InChI=1S/C23H32N4O4/c1-23(17-6-4-3-5-7-17)21(29)27(22(30)24-23)16-20(28)26-14-12-25(13-15-26)18-8-10-19(31-2)11-9-18/h8-11,17H,3-7,12-16H2,1-2H3,(H,24,30)/t23-/m1/s1. The molecule has 4 rings (SSSR count). The number of benzene rings is 1. The molecule has 1 N–H and O–H groups in total. The first kappa shape index (κ1) is 21.5. The predicted molar refractivity (Wildman–Crippen MR) is 117 cm³/mol. The van der Waals surface area contributed by atoms with Gasteiger partial charge in [-0.15, -0.1) is 0 Å². The highest BCUT2D eigenvalue weighted by Crippen LogP contribution is 2.36. The van der Waals surface area contributed by atoms with Crippen molar-refractivity contribution in [2.24, 2.45) is 5.92 Å². The van der Waals surface area contributed by atoms with Gasteiger partial charge in [0.05, 0.1) is 7.11 Å². The second kappa shape index (κ2) is 8.77. The Balaban J connectivity index is 1.33. The van der Waals surface area contributed by atoms with E-state index in [0.717, 1.165) is 42.0 Å². The maximum Gasteiger partial charge on any atom is 0.325 e. The first-order valence-electron chi connectivity index (χ1n) is 11.2. The van der Waals surface area contributed by atoms with Gasteiger partial charge in [0.25, 0.3) is 5.91 Å². The van der Waals surface area contributed by atoms with Gasteiger partial charge in [-0.1, -0.05) is 19.3 Å². The average Bonchev–Trinajstić information content (AvgIpc) is 3.03. The van der Waals surface area contributed by atoms with Gasteiger partial charge < -0.3 is 19.9 Å². The van der Waals surface area contributed by atoms with E-state index in [1.807, 2.05) is 31.2 Å². The Labute approximate surface area is 183 Å². The molecule has 8 nitrogen and oxygen atoms in total. The van der Waals surface area contributed by atoms with Gasteiger partial charge in [-0.2, -0.15) is 0 Å². The fraction of sp³-hybridized carbons (Fsp3) is 0.609. The van der Waals surface area contributed by atoms with E-state index in [2.05, 4.69) is 10.2 Å². The number of amides is 4. The SMILES string of the molecule is COc1ccc(N2CCN(C(=O)CN3C(=O)N[C@](C)(C4CCCCC4)C3=O)CC2)cc1. The summed E-state index contributed by atoms with van der Waals surface area (Å²) in [6, 6.07) is 7.43. The van der Waals surface area contributed by atoms with Crippen molar-refractivity contribution in [1.29, 1.82) is 0 Å². The van der Waals surface area contributed by atoms with Gasteiger partial charge in [0.2, 0.25) is 5.91 Å². The number of nitrogens with zero attached hydrogens (tertiary/aromatic N) is 3. The number of carbonyl (C=O) groups is 3. The molecule has 1 aromatic carbocycles. The molecule has 0 radical (unpaired) electrons. The minimum absolute atomic E-state index is 0.144. The molecule has 2 aliphatic heterocycles. The molecule has 3 aliphatic rings. The van der Waals surface area contributed by atoms with Crippen molar-refractivity contribution in [1.82, 2.24) is 15.1 Å². The van der Waals surface area contributed by atoms with E-state index in [4.69, 9.17) is 4.74 Å². The summed E-state index contributed by atoms with van der Waals surface area (Å²) >= 11 is 0. The number of ether oxygens (including phenoxy) is 1. The number of anilines is 1. The number of hydrogen-bond donors (Lipinski definition) is 1. The van der Waals surface area contributed by atoms with Crippen molar-refractivity contribution in [3.05, 3.63) is 24.3 Å². The number of rotatable bonds is 5. The largest absolute Gasteiger partial charge is 0.497 e. The molecule has 0 unspecified atom stereocenters. The van der Waals surface area contributed by atoms with E-state index in [0.29, 0.717) is 26.2 Å². The van der Waals surface area contributed by atoms with Gasteiger partial charge in [0.15, 0.2) is 0 Å². The summed E-state index contributed by atoms with van der Waals surface area (Å²) in [7, 11) is 1.64. The zero-order valence-corrected chi connectivity index (χ0v) is 18.4. The lowest BCUT2D eigenvalue weighted by Crippen LogP contribution is -2.53. The minimum atomic E-state index is -0.884. The van der Waals surface area contributed by atoms with Crippen molar-refractivity contribution in [3.63, 3.8) is 0 Å². The third-order valence-electron chi connectivity index (χ3n) is 7.09. The quantitative estimate of drug-likeness (QED) is 0.728. The Morgan fingerprint density at radius 3 is 2.32 bits per heavy atom. The van der Waals surface area contributed by atoms with Crippen LogP contribution in [0, 0.1) is 5.92 Å². The number of imide groups is 1. The Kier molecular flexibility index (Phi) is 6.07. The minimum Gasteiger partial charge on any atom is -0.497 e. The van der Waals surface area contributed by atoms with E-state index >= 15 is 0 Å². The van der Waals surface area contributed by atoms with E-state index in [-0.39, 0.29) is 24.3 Å². The molecule has 2 saturated heterocycles. The molecule has 8 heteroatoms. The van der Waals surface area contributed by atoms with Gasteiger partial charge in [0.1, 0.15) is 17.8 Å². The fourth-order valence-corrected chi connectivity index (χ4v) is 5.06. The molecular formula is C23H32N4O4. The average molecular weight is 429 g/mol. The summed E-state index contributed by atoms with van der Waals surface area (Å²) in [6.07, 6.45) is 5.23. The molecule has 1 atom stereocenters. The molecule has 2 heterocycles. The molecule has 1 aromatic rings. The van der Waals surface area contributed by atoms with E-state index in [9.17, 15) is 14.4 Å². The second-order valence-electron chi connectivity index (χ2n) is 8.92. The number of piperazine rings is 1. The van der Waals surface area contributed by atoms with Crippen molar-refractivity contribution < 1.29 is 19.1 Å². The molecule has 3 fully saturated rings. The number of carbonyl (C=O) groups excluding carboxylic acids is 3. The zero-order chi connectivity index (χ0) is 22.0. The van der Waals surface area contributed by atoms with Crippen LogP contribution in [0.15, 0.2) is 24.3 Å². The number of hydrogen-bond acceptors (Lipinski definition) is 5. The van der Waals surface area contributed by atoms with Crippen LogP contribution in [0.5, 0.6) is 5.75 Å². The molecular weight excluding hydrogens is 396 g/mol. The first-order chi connectivity index (χ1) is 14.9. The normalized spacial score (nSPS) is 25.0. The van der Waals surface area contributed by atoms with Gasteiger partial charge in [-0.25, -0.2) is 4.79 Å². The van der Waals surface area contributed by atoms with Crippen LogP contribution in [0.1, 0.15) is 39.0 Å². The highest BCUT2D eigenvalue weighted by Gasteiger charge is 2.52. The molecule has 0 aromatic heterocycles. The van der Waals surface area contributed by atoms with E-state index in [1.165, 1.54) is 6.42 Å². The van der Waals surface area contributed by atoms with Crippen LogP contribution < -0.4 is 15.0 Å². The van der Waals surface area contributed by atoms with Crippen molar-refractivity contribution in [2.75, 3.05) is 44.7 Å². The van der Waals surface area contributed by atoms with Gasteiger partial charge in [-0.3, -0.25) is 14.5 Å². The second-order valence-corrected chi connectivity index (χ2v) is 8.92. The summed E-state index contributed by atoms with van der Waals surface area (Å²) in [5.74, 6) is 0.526. The van der Waals surface area contributed by atoms with E-state index < -0.39 is 11.6 Å². The molecule has 0 bridgehead atoms. The van der Waals surface area contributed by atoms with Crippen LogP contribution in [0.2, 0.25) is 0 Å². The van der Waals surface area contributed by atoms with Crippen LogP contribution in [-0.2, 0) is 9.59 Å². The van der Waals surface area contributed by atoms with Crippen LogP contribution in [-0.4, -0.2) is 73.0 Å². The van der Waals surface area contributed by atoms with Crippen LogP contribution >= 0.6 is 0 Å². The molecule has 1 saturated carbocycles. The maximum atomic E-state index is 13.1. The van der Waals surface area contributed by atoms with Crippen molar-refractivity contribution in [2.45, 2.75) is 44.6 Å². The smallest absolute Gasteiger partial charge is 0.325 e. The van der Waals surface area contributed by atoms with Crippen LogP contribution in [0.3, 0.4) is 0 Å². The monoisotopic (exact) mass is 428 g/mol. The molecule has 31 heavy (non-hydrogen) atoms. The summed E-state index contributed by atoms with van der Waals surface area (Å²) in [5.41, 5.74) is 0.204. The molecule has 1 aliphatic carbocycles. The lowest BCUT2D eigenvalue weighted by Gasteiger charge is -2.37. The third kappa shape index (κ3) is 4.20. The highest BCUT2D eigenvalue weighted by atomic mass is 16.5. The molecule has 4 amide bonds. The Bertz CT molecular complexity index is 828. The first-order valence-corrected chi connectivity index (χ1v) is 11.2. The maximum absolute atomic E-state index is 13.1. The van der Waals surface area contributed by atoms with Gasteiger partial charge in [-0.05, 0) is 49.9 Å². The summed E-state index contributed by atoms with van der Waals surface area (Å²) in [5, 5.41) is 2.89.